The number of hydrogen-bond acceptors (Lipinski definition) is 1. The molecule has 100 valence electrons. The summed E-state index contributed by atoms with van der Waals surface area (Å²) in [4.78, 5) is 0. The molecule has 0 aliphatic heterocycles. The van der Waals surface area contributed by atoms with Crippen LogP contribution in [0.4, 0.5) is 4.39 Å². The van der Waals surface area contributed by atoms with Crippen LogP contribution >= 0.6 is 23.2 Å². The van der Waals surface area contributed by atoms with Gasteiger partial charge < -0.3 is 5.73 Å². The Balaban J connectivity index is 2.49. The molecule has 1 nitrogen and oxygen atoms in total. The van der Waals surface area contributed by atoms with Crippen LogP contribution in [0.25, 0.3) is 0 Å². The fourth-order valence-electron chi connectivity index (χ4n) is 2.07. The lowest BCUT2D eigenvalue weighted by Crippen LogP contribution is -2.14. The Hall–Kier alpha value is -1.09. The Morgan fingerprint density at radius 2 is 1.68 bits per heavy atom. The van der Waals surface area contributed by atoms with Gasteiger partial charge in [-0.05, 0) is 60.4 Å². The van der Waals surface area contributed by atoms with Crippen LogP contribution in [0.15, 0.2) is 30.3 Å². The average Bonchev–Trinajstić information content (AvgIpc) is 2.33. The van der Waals surface area contributed by atoms with E-state index in [0.717, 1.165) is 11.1 Å². The molecule has 0 bridgehead atoms. The molecule has 4 heteroatoms. The molecule has 0 heterocycles. The molecule has 0 fully saturated rings. The molecule has 0 aromatic heterocycles. The summed E-state index contributed by atoms with van der Waals surface area (Å²) in [5, 5.41) is 1.000. The van der Waals surface area contributed by atoms with Crippen LogP contribution in [0.3, 0.4) is 0 Å². The van der Waals surface area contributed by atoms with Gasteiger partial charge in [-0.2, -0.15) is 0 Å². The van der Waals surface area contributed by atoms with Crippen molar-refractivity contribution < 1.29 is 4.39 Å². The van der Waals surface area contributed by atoms with E-state index in [4.69, 9.17) is 28.9 Å². The van der Waals surface area contributed by atoms with Crippen LogP contribution in [-0.2, 0) is 0 Å². The lowest BCUT2D eigenvalue weighted by Gasteiger charge is -2.17. The van der Waals surface area contributed by atoms with E-state index in [0.29, 0.717) is 21.2 Å². The molecule has 1 atom stereocenters. The summed E-state index contributed by atoms with van der Waals surface area (Å²) in [6.07, 6.45) is 0. The predicted octanol–water partition coefficient (Wildman–Crippen LogP) is 4.80. The van der Waals surface area contributed by atoms with Gasteiger partial charge in [-0.15, -0.1) is 0 Å². The van der Waals surface area contributed by atoms with E-state index in [-0.39, 0.29) is 5.82 Å². The van der Waals surface area contributed by atoms with Crippen LogP contribution in [0.1, 0.15) is 28.3 Å². The molecule has 0 saturated carbocycles. The number of nitrogens with two attached hydrogens (primary N) is 1. The van der Waals surface area contributed by atoms with Crippen molar-refractivity contribution in [1.82, 2.24) is 0 Å². The van der Waals surface area contributed by atoms with E-state index in [2.05, 4.69) is 0 Å². The van der Waals surface area contributed by atoms with E-state index in [1.54, 1.807) is 19.1 Å². The zero-order valence-corrected chi connectivity index (χ0v) is 12.2. The number of aryl methyl sites for hydroxylation is 2. The van der Waals surface area contributed by atoms with Gasteiger partial charge in [0.05, 0.1) is 6.04 Å². The molecule has 1 unspecified atom stereocenters. The summed E-state index contributed by atoms with van der Waals surface area (Å²) in [5.41, 5.74) is 9.39. The minimum atomic E-state index is -0.399. The summed E-state index contributed by atoms with van der Waals surface area (Å²) < 4.78 is 13.4. The van der Waals surface area contributed by atoms with Crippen LogP contribution < -0.4 is 5.73 Å². The highest BCUT2D eigenvalue weighted by atomic mass is 35.5. The molecular formula is C15H14Cl2FN. The topological polar surface area (TPSA) is 26.0 Å². The number of hydrogen-bond donors (Lipinski definition) is 1. The fraction of sp³-hybridized carbons (Fsp3) is 0.200. The second kappa shape index (κ2) is 5.49. The smallest absolute Gasteiger partial charge is 0.127 e. The van der Waals surface area contributed by atoms with E-state index >= 15 is 0 Å². The highest BCUT2D eigenvalue weighted by molar-refractivity contribution is 6.31. The Kier molecular flexibility index (Phi) is 4.14. The maximum atomic E-state index is 13.4. The Morgan fingerprint density at radius 3 is 2.32 bits per heavy atom. The Morgan fingerprint density at radius 1 is 1.00 bits per heavy atom. The standard InChI is InChI=1S/C15H14Cl2FN/c1-8-5-10(16)3-4-11(8)15(19)12-6-9(2)14(18)7-13(12)17/h3-7,15H,19H2,1-2H3. The molecule has 0 aliphatic rings. The van der Waals surface area contributed by atoms with Crippen LogP contribution in [0.5, 0.6) is 0 Å². The second-order valence-corrected chi connectivity index (χ2v) is 5.45. The molecule has 0 aliphatic carbocycles. The first-order chi connectivity index (χ1) is 8.90. The number of benzene rings is 2. The maximum absolute atomic E-state index is 13.4. The summed E-state index contributed by atoms with van der Waals surface area (Å²) in [6.45, 7) is 3.63. The highest BCUT2D eigenvalue weighted by Gasteiger charge is 2.16. The third-order valence-electron chi connectivity index (χ3n) is 3.18. The summed E-state index contributed by atoms with van der Waals surface area (Å²) >= 11 is 12.0. The van der Waals surface area contributed by atoms with E-state index in [1.807, 2.05) is 19.1 Å². The molecule has 0 saturated heterocycles. The van der Waals surface area contributed by atoms with Crippen LogP contribution in [0, 0.1) is 19.7 Å². The average molecular weight is 298 g/mol. The van der Waals surface area contributed by atoms with Gasteiger partial charge in [0.15, 0.2) is 0 Å². The summed E-state index contributed by atoms with van der Waals surface area (Å²) in [7, 11) is 0. The van der Waals surface area contributed by atoms with Gasteiger partial charge in [-0.3, -0.25) is 0 Å². The third-order valence-corrected chi connectivity index (χ3v) is 3.74. The SMILES string of the molecule is Cc1cc(C(N)c2ccc(Cl)cc2C)c(Cl)cc1F. The lowest BCUT2D eigenvalue weighted by atomic mass is 9.94. The van der Waals surface area contributed by atoms with Crippen molar-refractivity contribution in [1.29, 1.82) is 0 Å². The molecule has 2 rings (SSSR count). The van der Waals surface area contributed by atoms with E-state index < -0.39 is 6.04 Å². The summed E-state index contributed by atoms with van der Waals surface area (Å²) in [5.74, 6) is -0.325. The van der Waals surface area contributed by atoms with Crippen molar-refractivity contribution in [2.75, 3.05) is 0 Å². The minimum Gasteiger partial charge on any atom is -0.320 e. The molecule has 2 aromatic carbocycles. The normalized spacial score (nSPS) is 12.5. The quantitative estimate of drug-likeness (QED) is 0.847. The zero-order chi connectivity index (χ0) is 14.2. The van der Waals surface area contributed by atoms with Crippen LogP contribution in [0.2, 0.25) is 10.0 Å². The number of rotatable bonds is 2. The van der Waals surface area contributed by atoms with Gasteiger partial charge in [0.25, 0.3) is 0 Å². The van der Waals surface area contributed by atoms with Gasteiger partial charge in [-0.1, -0.05) is 29.3 Å². The fourth-order valence-corrected chi connectivity index (χ4v) is 2.57. The van der Waals surface area contributed by atoms with E-state index in [9.17, 15) is 4.39 Å². The van der Waals surface area contributed by atoms with Crippen LogP contribution in [-0.4, -0.2) is 0 Å². The van der Waals surface area contributed by atoms with Crippen molar-refractivity contribution in [3.63, 3.8) is 0 Å². The molecule has 2 N–H and O–H groups in total. The zero-order valence-electron chi connectivity index (χ0n) is 10.7. The van der Waals surface area contributed by atoms with Gasteiger partial charge in [0.1, 0.15) is 5.82 Å². The largest absolute Gasteiger partial charge is 0.320 e. The summed E-state index contributed by atoms with van der Waals surface area (Å²) in [6, 6.07) is 8.10. The molecule has 0 radical (unpaired) electrons. The third kappa shape index (κ3) is 2.92. The minimum absolute atomic E-state index is 0.325. The predicted molar refractivity (Wildman–Crippen MR) is 78.4 cm³/mol. The molecule has 0 amide bonds. The maximum Gasteiger partial charge on any atom is 0.127 e. The monoisotopic (exact) mass is 297 g/mol. The van der Waals surface area contributed by atoms with Crippen molar-refractivity contribution in [2.45, 2.75) is 19.9 Å². The van der Waals surface area contributed by atoms with Gasteiger partial charge in [0.2, 0.25) is 0 Å². The Bertz CT molecular complexity index is 626. The molecular weight excluding hydrogens is 284 g/mol. The van der Waals surface area contributed by atoms with E-state index in [1.165, 1.54) is 6.07 Å². The van der Waals surface area contributed by atoms with Gasteiger partial charge >= 0.3 is 0 Å². The first-order valence-electron chi connectivity index (χ1n) is 5.87. The second-order valence-electron chi connectivity index (χ2n) is 4.60. The highest BCUT2D eigenvalue weighted by Crippen LogP contribution is 2.31. The van der Waals surface area contributed by atoms with Gasteiger partial charge in [-0.25, -0.2) is 4.39 Å². The van der Waals surface area contributed by atoms with Crippen molar-refractivity contribution in [3.8, 4) is 0 Å². The van der Waals surface area contributed by atoms with Crippen molar-refractivity contribution in [2.24, 2.45) is 5.73 Å². The first-order valence-corrected chi connectivity index (χ1v) is 6.63. The Labute approximate surface area is 122 Å². The molecule has 2 aromatic rings. The molecule has 19 heavy (non-hydrogen) atoms. The molecule has 0 spiro atoms. The lowest BCUT2D eigenvalue weighted by molar-refractivity contribution is 0.617. The van der Waals surface area contributed by atoms with Gasteiger partial charge in [0, 0.05) is 10.0 Å². The first kappa shape index (κ1) is 14.3. The number of halogens is 3. The van der Waals surface area contributed by atoms with Crippen molar-refractivity contribution in [3.05, 3.63) is 68.4 Å². The van der Waals surface area contributed by atoms with Crippen molar-refractivity contribution >= 4 is 23.2 Å².